The van der Waals surface area contributed by atoms with E-state index in [2.05, 4.69) is 15.6 Å². The number of rotatable bonds is 3. The van der Waals surface area contributed by atoms with Gasteiger partial charge in [0.05, 0.1) is 5.39 Å². The zero-order valence-corrected chi connectivity index (χ0v) is 14.7. The maximum Gasteiger partial charge on any atom is 0.279 e. The van der Waals surface area contributed by atoms with Gasteiger partial charge in [-0.15, -0.1) is 16.4 Å². The molecule has 1 aliphatic rings. The molecule has 0 aliphatic heterocycles. The van der Waals surface area contributed by atoms with Gasteiger partial charge in [0.1, 0.15) is 6.54 Å². The van der Waals surface area contributed by atoms with Crippen LogP contribution in [0.1, 0.15) is 28.8 Å². The average Bonchev–Trinajstić information content (AvgIpc) is 2.99. The summed E-state index contributed by atoms with van der Waals surface area (Å²) >= 11 is 1.56. The van der Waals surface area contributed by atoms with Crippen molar-refractivity contribution < 1.29 is 4.79 Å². The van der Waals surface area contributed by atoms with Crippen LogP contribution in [0.4, 0.5) is 5.69 Å². The Hall–Kier alpha value is -2.54. The Balaban J connectivity index is 1.63. The summed E-state index contributed by atoms with van der Waals surface area (Å²) in [4.78, 5) is 27.0. The molecular weight excluding hydrogens is 336 g/mol. The summed E-state index contributed by atoms with van der Waals surface area (Å²) in [5.74, 6) is -0.283. The number of para-hydroxylation sites is 1. The number of carbonyl (C=O) groups excluding carboxylic acids is 1. The minimum atomic E-state index is -0.283. The number of aryl methyl sites for hydroxylation is 3. The van der Waals surface area contributed by atoms with Crippen LogP contribution in [0.15, 0.2) is 29.1 Å². The number of hydrogen-bond acceptors (Lipinski definition) is 5. The van der Waals surface area contributed by atoms with Crippen molar-refractivity contribution in [3.05, 3.63) is 50.6 Å². The predicted octanol–water partition coefficient (Wildman–Crippen LogP) is 2.68. The van der Waals surface area contributed by atoms with Crippen LogP contribution in [0, 0.1) is 6.92 Å². The molecule has 0 saturated heterocycles. The summed E-state index contributed by atoms with van der Waals surface area (Å²) in [5.41, 5.74) is 2.60. The number of benzene rings is 1. The lowest BCUT2D eigenvalue weighted by Gasteiger charge is -2.10. The van der Waals surface area contributed by atoms with Gasteiger partial charge in [0.15, 0.2) is 4.83 Å². The first-order valence-corrected chi connectivity index (χ1v) is 9.18. The number of hydrogen-bond donors (Lipinski definition) is 1. The van der Waals surface area contributed by atoms with Gasteiger partial charge >= 0.3 is 0 Å². The van der Waals surface area contributed by atoms with Crippen LogP contribution in [0.3, 0.4) is 0 Å². The highest BCUT2D eigenvalue weighted by molar-refractivity contribution is 7.18. The highest BCUT2D eigenvalue weighted by Crippen LogP contribution is 2.33. The molecule has 25 heavy (non-hydrogen) atoms. The Kier molecular flexibility index (Phi) is 4.09. The Morgan fingerprint density at radius 1 is 1.28 bits per heavy atom. The molecule has 128 valence electrons. The van der Waals surface area contributed by atoms with Crippen molar-refractivity contribution in [3.63, 3.8) is 0 Å². The molecule has 0 radical (unpaired) electrons. The van der Waals surface area contributed by atoms with E-state index in [9.17, 15) is 9.59 Å². The molecule has 1 N–H and O–H groups in total. The molecule has 1 aliphatic carbocycles. The van der Waals surface area contributed by atoms with Crippen molar-refractivity contribution in [1.29, 1.82) is 0 Å². The second-order valence-corrected chi connectivity index (χ2v) is 7.39. The van der Waals surface area contributed by atoms with Crippen LogP contribution in [-0.2, 0) is 24.2 Å². The van der Waals surface area contributed by atoms with Crippen molar-refractivity contribution in [1.82, 2.24) is 15.0 Å². The first kappa shape index (κ1) is 16.0. The lowest BCUT2D eigenvalue weighted by atomic mass is 9.97. The zero-order valence-electron chi connectivity index (χ0n) is 13.9. The SMILES string of the molecule is Cc1ccccc1NC(=O)Cn1nnc2sc3c(c2c1=O)CCCC3. The van der Waals surface area contributed by atoms with Crippen LogP contribution >= 0.6 is 11.3 Å². The number of fused-ring (bicyclic) bond motifs is 3. The average molecular weight is 354 g/mol. The second-order valence-electron chi connectivity index (χ2n) is 6.31. The van der Waals surface area contributed by atoms with Crippen molar-refractivity contribution in [2.75, 3.05) is 5.32 Å². The second kappa shape index (κ2) is 6.40. The Morgan fingerprint density at radius 3 is 2.92 bits per heavy atom. The molecule has 7 heteroatoms. The van der Waals surface area contributed by atoms with Crippen LogP contribution in [0.5, 0.6) is 0 Å². The quantitative estimate of drug-likeness (QED) is 0.784. The molecule has 2 aromatic heterocycles. The van der Waals surface area contributed by atoms with Gasteiger partial charge < -0.3 is 5.32 Å². The standard InChI is InChI=1S/C18H18N4O2S/c1-11-6-2-4-8-13(11)19-15(23)10-22-18(24)16-12-7-3-5-9-14(12)25-17(16)20-21-22/h2,4,6,8H,3,5,7,9-10H2,1H3,(H,19,23). The molecule has 6 nitrogen and oxygen atoms in total. The topological polar surface area (TPSA) is 76.9 Å². The third-order valence-electron chi connectivity index (χ3n) is 4.56. The Morgan fingerprint density at radius 2 is 2.08 bits per heavy atom. The maximum absolute atomic E-state index is 12.8. The van der Waals surface area contributed by atoms with Crippen molar-refractivity contribution >= 4 is 33.1 Å². The van der Waals surface area contributed by atoms with Crippen LogP contribution in [0.2, 0.25) is 0 Å². The minimum Gasteiger partial charge on any atom is -0.324 e. The lowest BCUT2D eigenvalue weighted by Crippen LogP contribution is -2.30. The molecule has 0 unspecified atom stereocenters. The molecule has 1 amide bonds. The van der Waals surface area contributed by atoms with Gasteiger partial charge in [-0.3, -0.25) is 9.59 Å². The van der Waals surface area contributed by atoms with Gasteiger partial charge in [-0.05, 0) is 49.8 Å². The molecule has 0 spiro atoms. The van der Waals surface area contributed by atoms with Crippen LogP contribution < -0.4 is 10.9 Å². The lowest BCUT2D eigenvalue weighted by molar-refractivity contribution is -0.117. The van der Waals surface area contributed by atoms with E-state index in [1.54, 1.807) is 11.3 Å². The molecule has 0 atom stereocenters. The highest BCUT2D eigenvalue weighted by atomic mass is 32.1. The third-order valence-corrected chi connectivity index (χ3v) is 5.73. The summed E-state index contributed by atoms with van der Waals surface area (Å²) in [6.07, 6.45) is 4.16. The number of nitrogens with zero attached hydrogens (tertiary/aromatic N) is 3. The predicted molar refractivity (Wildman–Crippen MR) is 98.1 cm³/mol. The minimum absolute atomic E-state index is 0.138. The van der Waals surface area contributed by atoms with E-state index in [0.717, 1.165) is 47.2 Å². The van der Waals surface area contributed by atoms with E-state index in [1.807, 2.05) is 31.2 Å². The van der Waals surface area contributed by atoms with Crippen LogP contribution in [-0.4, -0.2) is 20.9 Å². The maximum atomic E-state index is 12.8. The summed E-state index contributed by atoms with van der Waals surface area (Å²) in [5, 5.41) is 11.6. The van der Waals surface area contributed by atoms with Gasteiger partial charge in [-0.2, -0.15) is 0 Å². The summed E-state index contributed by atoms with van der Waals surface area (Å²) < 4.78 is 1.16. The van der Waals surface area contributed by atoms with E-state index in [4.69, 9.17) is 0 Å². The van der Waals surface area contributed by atoms with Gasteiger partial charge in [0.25, 0.3) is 5.56 Å². The van der Waals surface area contributed by atoms with E-state index >= 15 is 0 Å². The summed E-state index contributed by atoms with van der Waals surface area (Å²) in [7, 11) is 0. The molecule has 0 bridgehead atoms. The van der Waals surface area contributed by atoms with Gasteiger partial charge in [-0.1, -0.05) is 23.4 Å². The first-order valence-electron chi connectivity index (χ1n) is 8.37. The van der Waals surface area contributed by atoms with Crippen molar-refractivity contribution in [3.8, 4) is 0 Å². The monoisotopic (exact) mass is 354 g/mol. The van der Waals surface area contributed by atoms with Gasteiger partial charge in [-0.25, -0.2) is 4.68 Å². The Bertz CT molecular complexity index is 1020. The highest BCUT2D eigenvalue weighted by Gasteiger charge is 2.21. The molecule has 3 aromatic rings. The fourth-order valence-electron chi connectivity index (χ4n) is 3.25. The van der Waals surface area contributed by atoms with Crippen LogP contribution in [0.25, 0.3) is 10.2 Å². The molecule has 2 heterocycles. The number of thiophene rings is 1. The largest absolute Gasteiger partial charge is 0.324 e. The van der Waals surface area contributed by atoms with E-state index < -0.39 is 0 Å². The summed E-state index contributed by atoms with van der Waals surface area (Å²) in [6, 6.07) is 7.53. The van der Waals surface area contributed by atoms with Gasteiger partial charge in [0.2, 0.25) is 5.91 Å². The van der Waals surface area contributed by atoms with Crippen molar-refractivity contribution in [2.24, 2.45) is 0 Å². The van der Waals surface area contributed by atoms with E-state index in [1.165, 1.54) is 4.88 Å². The third kappa shape index (κ3) is 2.95. The molecule has 0 saturated carbocycles. The first-order chi connectivity index (χ1) is 12.1. The van der Waals surface area contributed by atoms with E-state index in [-0.39, 0.29) is 18.0 Å². The number of carbonyl (C=O) groups is 1. The number of anilines is 1. The zero-order chi connectivity index (χ0) is 17.4. The molecule has 4 rings (SSSR count). The molecular formula is C18H18N4O2S. The Labute approximate surface area is 148 Å². The fraction of sp³-hybridized carbons (Fsp3) is 0.333. The van der Waals surface area contributed by atoms with Crippen molar-refractivity contribution in [2.45, 2.75) is 39.2 Å². The normalized spacial score (nSPS) is 13.6. The fourth-order valence-corrected chi connectivity index (χ4v) is 4.45. The smallest absolute Gasteiger partial charge is 0.279 e. The molecule has 0 fully saturated rings. The molecule has 1 aromatic carbocycles. The summed E-state index contributed by atoms with van der Waals surface area (Å²) in [6.45, 7) is 1.78. The number of aromatic nitrogens is 3. The number of amides is 1. The van der Waals surface area contributed by atoms with E-state index in [0.29, 0.717) is 10.2 Å². The van der Waals surface area contributed by atoms with Gasteiger partial charge in [0, 0.05) is 10.6 Å². The number of nitrogens with one attached hydrogen (secondary N) is 1.